The summed E-state index contributed by atoms with van der Waals surface area (Å²) in [7, 11) is 0. The number of aromatic nitrogens is 3. The van der Waals surface area contributed by atoms with Crippen molar-refractivity contribution in [3.63, 3.8) is 0 Å². The van der Waals surface area contributed by atoms with E-state index >= 15 is 0 Å². The van der Waals surface area contributed by atoms with Crippen LogP contribution in [0.15, 0.2) is 146 Å². The lowest BCUT2D eigenvalue weighted by atomic mass is 9.78. The van der Waals surface area contributed by atoms with E-state index in [1.54, 1.807) is 0 Å². The number of imidazole rings is 1. The van der Waals surface area contributed by atoms with Crippen LogP contribution in [0.3, 0.4) is 0 Å². The summed E-state index contributed by atoms with van der Waals surface area (Å²) in [6, 6.07) is 29.2. The van der Waals surface area contributed by atoms with Crippen molar-refractivity contribution in [1.29, 1.82) is 0 Å². The van der Waals surface area contributed by atoms with E-state index in [0.29, 0.717) is 22.5 Å². The predicted octanol–water partition coefficient (Wildman–Crippen LogP) is 15.7. The van der Waals surface area contributed by atoms with Gasteiger partial charge in [-0.05, 0) is 115 Å². The van der Waals surface area contributed by atoms with Crippen LogP contribution in [0.5, 0.6) is 5.75 Å². The van der Waals surface area contributed by atoms with Gasteiger partial charge in [0.2, 0.25) is 0 Å². The number of rotatable bonds is 6. The zero-order chi connectivity index (χ0) is 51.3. The molecule has 8 rings (SSSR count). The van der Waals surface area contributed by atoms with Crippen LogP contribution in [-0.4, -0.2) is 19.6 Å². The first kappa shape index (κ1) is 33.4. The van der Waals surface area contributed by atoms with Crippen molar-refractivity contribution in [2.24, 2.45) is 0 Å². The van der Waals surface area contributed by atoms with Gasteiger partial charge in [0.05, 0.1) is 33.3 Å². The molecule has 0 aliphatic rings. The fourth-order valence-corrected chi connectivity index (χ4v) is 8.05. The molecule has 314 valence electrons. The zero-order valence-electron chi connectivity index (χ0n) is 46.0. The van der Waals surface area contributed by atoms with Crippen molar-refractivity contribution in [3.05, 3.63) is 168 Å². The number of pyridine rings is 1. The number of benzene rings is 6. The number of phenolic OH excluding ortho intramolecular Hbond substituents is 1. The molecule has 0 radical (unpaired) electrons. The summed E-state index contributed by atoms with van der Waals surface area (Å²) in [5.41, 5.74) is 8.99. The van der Waals surface area contributed by atoms with E-state index in [1.165, 1.54) is 0 Å². The van der Waals surface area contributed by atoms with E-state index in [9.17, 15) is 6.48 Å². The molecule has 0 aliphatic heterocycles. The fraction of sp³-hybridized carbons (Fsp3) is 0.276. The lowest BCUT2D eigenvalue weighted by Crippen LogP contribution is -2.17. The molecule has 0 aliphatic carbocycles. The Balaban J connectivity index is 1.47. The summed E-state index contributed by atoms with van der Waals surface area (Å²) in [6.45, 7) is 25.7. The zero-order valence-corrected chi connectivity index (χ0v) is 38.0. The third kappa shape index (κ3) is 8.23. The van der Waals surface area contributed by atoms with Gasteiger partial charge < -0.3 is 5.11 Å². The SMILES string of the molecule is [2H]c1nc(-c2cc(-c3cccc4c3nc(-c3cc(C(C)(C)C)cc(C(C)(C)C)c3O)n4-c3ccc(-c4ccccc4)c(C(C)(C)C)c3)cc(C(C)(C)C)c2)c([2H])c(-c2c([2H])c([2H])c([2H])c([2H])c2[2H])c1[2H]. The smallest absolute Gasteiger partial charge is 0.149 e. The quantitative estimate of drug-likeness (QED) is 0.182. The van der Waals surface area contributed by atoms with Crippen molar-refractivity contribution in [2.75, 3.05) is 0 Å². The van der Waals surface area contributed by atoms with Gasteiger partial charge in [0.25, 0.3) is 0 Å². The Morgan fingerprint density at radius 1 is 0.516 bits per heavy atom. The van der Waals surface area contributed by atoms with Crippen molar-refractivity contribution in [2.45, 2.75) is 105 Å². The van der Waals surface area contributed by atoms with E-state index in [-0.39, 0.29) is 39.4 Å². The molecule has 6 aromatic carbocycles. The minimum Gasteiger partial charge on any atom is -0.507 e. The van der Waals surface area contributed by atoms with Gasteiger partial charge in [-0.1, -0.05) is 174 Å². The molecular weight excluding hydrogens is 755 g/mol. The van der Waals surface area contributed by atoms with Gasteiger partial charge in [-0.3, -0.25) is 9.55 Å². The monoisotopic (exact) mass is 824 g/mol. The van der Waals surface area contributed by atoms with E-state index in [2.05, 4.69) is 141 Å². The number of hydrogen-bond acceptors (Lipinski definition) is 3. The van der Waals surface area contributed by atoms with Gasteiger partial charge in [-0.25, -0.2) is 4.98 Å². The molecule has 0 fully saturated rings. The molecule has 0 atom stereocenters. The normalized spacial score (nSPS) is 14.4. The summed E-state index contributed by atoms with van der Waals surface area (Å²) >= 11 is 0. The van der Waals surface area contributed by atoms with Gasteiger partial charge in [-0.2, -0.15) is 0 Å². The number of nitrogens with zero attached hydrogens (tertiary/aromatic N) is 3. The van der Waals surface area contributed by atoms with Crippen LogP contribution in [0, 0.1) is 0 Å². The molecule has 2 aromatic heterocycles. The van der Waals surface area contributed by atoms with Crippen LogP contribution in [0.4, 0.5) is 0 Å². The average Bonchev–Trinajstić information content (AvgIpc) is 3.68. The number of para-hydroxylation sites is 1. The Hall–Kier alpha value is -6.26. The second-order valence-corrected chi connectivity index (χ2v) is 20.5. The highest BCUT2D eigenvalue weighted by Gasteiger charge is 2.30. The van der Waals surface area contributed by atoms with Crippen LogP contribution < -0.4 is 0 Å². The fourth-order valence-electron chi connectivity index (χ4n) is 8.05. The first-order chi connectivity index (χ1) is 32.5. The van der Waals surface area contributed by atoms with E-state index in [1.807, 2.05) is 48.5 Å². The Morgan fingerprint density at radius 3 is 1.84 bits per heavy atom. The van der Waals surface area contributed by atoms with Gasteiger partial charge in [0.1, 0.15) is 11.6 Å². The van der Waals surface area contributed by atoms with Crippen LogP contribution in [-0.2, 0) is 21.7 Å². The molecule has 0 spiro atoms. The molecule has 0 amide bonds. The summed E-state index contributed by atoms with van der Waals surface area (Å²) in [5.74, 6) is 0.708. The summed E-state index contributed by atoms with van der Waals surface area (Å²) in [6.07, 6.45) is -0.499. The number of hydrogen-bond donors (Lipinski definition) is 1. The maximum absolute atomic E-state index is 12.5. The van der Waals surface area contributed by atoms with Gasteiger partial charge >= 0.3 is 0 Å². The van der Waals surface area contributed by atoms with Crippen LogP contribution in [0.1, 0.15) is 116 Å². The third-order valence-electron chi connectivity index (χ3n) is 11.6. The van der Waals surface area contributed by atoms with Crippen LogP contribution >= 0.6 is 0 Å². The minimum atomic E-state index is -0.599. The van der Waals surface area contributed by atoms with E-state index < -0.39 is 53.3 Å². The second-order valence-electron chi connectivity index (χ2n) is 20.5. The van der Waals surface area contributed by atoms with Crippen molar-refractivity contribution < 1.29 is 16.1 Å². The Kier molecular flexibility index (Phi) is 8.39. The van der Waals surface area contributed by atoms with Crippen molar-refractivity contribution in [3.8, 4) is 67.5 Å². The van der Waals surface area contributed by atoms with Gasteiger partial charge in [0.15, 0.2) is 0 Å². The molecule has 2 heterocycles. The van der Waals surface area contributed by atoms with Gasteiger partial charge in [-0.15, -0.1) is 0 Å². The summed E-state index contributed by atoms with van der Waals surface area (Å²) in [5, 5.41) is 12.5. The highest BCUT2D eigenvalue weighted by molar-refractivity contribution is 5.97. The minimum absolute atomic E-state index is 0.0281. The average molecular weight is 824 g/mol. The van der Waals surface area contributed by atoms with Crippen LogP contribution in [0.25, 0.3) is 72.7 Å². The largest absolute Gasteiger partial charge is 0.507 e. The van der Waals surface area contributed by atoms with Crippen molar-refractivity contribution >= 4 is 11.0 Å². The molecule has 62 heavy (non-hydrogen) atoms. The molecule has 8 aromatic rings. The maximum atomic E-state index is 12.5. The highest BCUT2D eigenvalue weighted by Crippen LogP contribution is 2.46. The molecule has 0 bridgehead atoms. The van der Waals surface area contributed by atoms with E-state index in [0.717, 1.165) is 55.7 Å². The van der Waals surface area contributed by atoms with Gasteiger partial charge in [0, 0.05) is 28.6 Å². The lowest BCUT2D eigenvalue weighted by Gasteiger charge is -2.28. The third-order valence-corrected chi connectivity index (χ3v) is 11.6. The Bertz CT molecular complexity index is 3370. The lowest BCUT2D eigenvalue weighted by molar-refractivity contribution is 0.446. The summed E-state index contributed by atoms with van der Waals surface area (Å²) < 4.78 is 71.8. The Labute approximate surface area is 380 Å². The predicted molar refractivity (Wildman–Crippen MR) is 263 cm³/mol. The molecule has 0 saturated heterocycles. The number of aromatic hydroxyl groups is 1. The molecule has 1 N–H and O–H groups in total. The standard InChI is InChI=1S/C58H61N3O/c1-55(2,3)42-31-40(30-41(32-42)50-33-39(28-29-59-50)37-20-15-13-16-21-37)46-24-19-25-51-52(46)60-54(47-34-43(56(4,5)6)35-49(53(47)62)58(10,11)12)61(51)44-26-27-45(38-22-17-14-18-23-38)48(36-44)57(7,8)9/h13-36,62H,1-12H3/i13D,15D,16D,20D,21D,28D,29D,33D. The van der Waals surface area contributed by atoms with Crippen molar-refractivity contribution in [1.82, 2.24) is 14.5 Å². The molecule has 0 saturated carbocycles. The molecule has 0 unspecified atom stereocenters. The van der Waals surface area contributed by atoms with E-state index in [4.69, 9.17) is 14.6 Å². The number of phenols is 1. The first-order valence-corrected chi connectivity index (χ1v) is 21.3. The van der Waals surface area contributed by atoms with Crippen LogP contribution in [0.2, 0.25) is 0 Å². The first-order valence-electron chi connectivity index (χ1n) is 25.3. The Morgan fingerprint density at radius 2 is 1.18 bits per heavy atom. The highest BCUT2D eigenvalue weighted by atomic mass is 16.3. The number of fused-ring (bicyclic) bond motifs is 1. The molecule has 4 nitrogen and oxygen atoms in total. The second kappa shape index (κ2) is 15.6. The maximum Gasteiger partial charge on any atom is 0.149 e. The molecular formula is C58H61N3O. The summed E-state index contributed by atoms with van der Waals surface area (Å²) in [4.78, 5) is 10.0. The topological polar surface area (TPSA) is 50.9 Å². The molecule has 4 heteroatoms.